The Morgan fingerprint density at radius 2 is 1.71 bits per heavy atom. The van der Waals surface area contributed by atoms with Crippen LogP contribution in [-0.2, 0) is 15.6 Å². The van der Waals surface area contributed by atoms with Crippen LogP contribution in [0.2, 0.25) is 0 Å². The lowest BCUT2D eigenvalue weighted by Crippen LogP contribution is -2.06. The average molecular weight is 311 g/mol. The zero-order valence-corrected chi connectivity index (χ0v) is 12.3. The molecule has 0 saturated carbocycles. The molecule has 21 heavy (non-hydrogen) atoms. The van der Waals surface area contributed by atoms with E-state index in [-0.39, 0.29) is 17.2 Å². The van der Waals surface area contributed by atoms with Crippen molar-refractivity contribution in [2.75, 3.05) is 11.1 Å². The second-order valence-electron chi connectivity index (χ2n) is 4.62. The van der Waals surface area contributed by atoms with E-state index in [1.807, 2.05) is 0 Å². The molecule has 112 valence electrons. The fraction of sp³-hybridized carbons (Fsp3) is 0.200. The molecule has 2 aromatic rings. The maximum Gasteiger partial charge on any atom is 0.154 e. The van der Waals surface area contributed by atoms with Gasteiger partial charge in [0.05, 0.1) is 11.4 Å². The lowest BCUT2D eigenvalue weighted by molar-refractivity contribution is 0.586. The van der Waals surface area contributed by atoms with Gasteiger partial charge in [0.2, 0.25) is 0 Å². The highest BCUT2D eigenvalue weighted by Gasteiger charge is 2.09. The highest BCUT2D eigenvalue weighted by atomic mass is 32.2. The van der Waals surface area contributed by atoms with E-state index in [9.17, 15) is 17.2 Å². The Hall–Kier alpha value is -1.95. The summed E-state index contributed by atoms with van der Waals surface area (Å²) in [6, 6.07) is 9.90. The van der Waals surface area contributed by atoms with Gasteiger partial charge < -0.3 is 5.32 Å². The number of nitrogens with one attached hydrogen (secondary N) is 1. The fourth-order valence-electron chi connectivity index (χ4n) is 1.79. The van der Waals surface area contributed by atoms with Crippen molar-refractivity contribution in [2.45, 2.75) is 12.7 Å². The molecule has 0 radical (unpaired) electrons. The number of hydrogen-bond acceptors (Lipinski definition) is 3. The Labute approximate surface area is 122 Å². The summed E-state index contributed by atoms with van der Waals surface area (Å²) in [5, 5.41) is 2.81. The highest BCUT2D eigenvalue weighted by Crippen LogP contribution is 2.21. The van der Waals surface area contributed by atoms with E-state index in [1.165, 1.54) is 6.07 Å². The lowest BCUT2D eigenvalue weighted by atomic mass is 10.2. The van der Waals surface area contributed by atoms with Gasteiger partial charge in [-0.2, -0.15) is 0 Å². The van der Waals surface area contributed by atoms with Crippen molar-refractivity contribution in [1.82, 2.24) is 0 Å². The fourth-order valence-corrected chi connectivity index (χ4v) is 2.69. The SMILES string of the molecule is CCS(=O)(=O)Cc1ccc(Nc2ccc(F)cc2F)cc1. The Bertz CT molecular complexity index is 728. The summed E-state index contributed by atoms with van der Waals surface area (Å²) in [5.41, 5.74) is 1.42. The summed E-state index contributed by atoms with van der Waals surface area (Å²) in [7, 11) is -3.08. The van der Waals surface area contributed by atoms with Gasteiger partial charge in [0, 0.05) is 17.5 Å². The van der Waals surface area contributed by atoms with Gasteiger partial charge in [-0.25, -0.2) is 17.2 Å². The van der Waals surface area contributed by atoms with Crippen molar-refractivity contribution in [1.29, 1.82) is 0 Å². The molecule has 1 N–H and O–H groups in total. The third kappa shape index (κ3) is 4.26. The van der Waals surface area contributed by atoms with Crippen molar-refractivity contribution in [3.8, 4) is 0 Å². The average Bonchev–Trinajstić information content (AvgIpc) is 2.44. The molecule has 0 aromatic heterocycles. The van der Waals surface area contributed by atoms with E-state index in [1.54, 1.807) is 31.2 Å². The molecule has 0 aliphatic rings. The molecule has 0 aliphatic carbocycles. The quantitative estimate of drug-likeness (QED) is 0.917. The molecule has 0 bridgehead atoms. The van der Waals surface area contributed by atoms with Gasteiger partial charge in [-0.3, -0.25) is 0 Å². The molecular weight excluding hydrogens is 296 g/mol. The summed E-state index contributed by atoms with van der Waals surface area (Å²) >= 11 is 0. The zero-order chi connectivity index (χ0) is 15.5. The van der Waals surface area contributed by atoms with Crippen LogP contribution >= 0.6 is 0 Å². The third-order valence-corrected chi connectivity index (χ3v) is 4.64. The third-order valence-electron chi connectivity index (χ3n) is 2.99. The van der Waals surface area contributed by atoms with Crippen molar-refractivity contribution < 1.29 is 17.2 Å². The molecule has 0 aliphatic heterocycles. The summed E-state index contributed by atoms with van der Waals surface area (Å²) < 4.78 is 49.3. The molecule has 2 rings (SSSR count). The molecule has 6 heteroatoms. The molecule has 0 amide bonds. The molecule has 3 nitrogen and oxygen atoms in total. The smallest absolute Gasteiger partial charge is 0.154 e. The predicted molar refractivity (Wildman–Crippen MR) is 79.2 cm³/mol. The number of halogens is 2. The first-order valence-electron chi connectivity index (χ1n) is 6.41. The Balaban J connectivity index is 2.12. The molecule has 0 saturated heterocycles. The Morgan fingerprint density at radius 3 is 2.29 bits per heavy atom. The largest absolute Gasteiger partial charge is 0.353 e. The van der Waals surface area contributed by atoms with Gasteiger partial charge in [0.15, 0.2) is 9.84 Å². The van der Waals surface area contributed by atoms with Crippen LogP contribution in [0, 0.1) is 11.6 Å². The van der Waals surface area contributed by atoms with Crippen molar-refractivity contribution in [3.05, 3.63) is 59.7 Å². The first-order chi connectivity index (χ1) is 9.89. The zero-order valence-electron chi connectivity index (χ0n) is 11.4. The molecule has 0 fully saturated rings. The van der Waals surface area contributed by atoms with Gasteiger partial charge in [-0.1, -0.05) is 19.1 Å². The van der Waals surface area contributed by atoms with E-state index in [0.29, 0.717) is 11.3 Å². The Kier molecular flexibility index (Phi) is 4.57. The van der Waals surface area contributed by atoms with Crippen LogP contribution in [-0.4, -0.2) is 14.2 Å². The van der Waals surface area contributed by atoms with E-state index >= 15 is 0 Å². The van der Waals surface area contributed by atoms with E-state index in [0.717, 1.165) is 12.1 Å². The topological polar surface area (TPSA) is 46.2 Å². The first kappa shape index (κ1) is 15.4. The molecule has 0 atom stereocenters. The van der Waals surface area contributed by atoms with Crippen LogP contribution in [0.1, 0.15) is 12.5 Å². The summed E-state index contributed by atoms with van der Waals surface area (Å²) in [6.07, 6.45) is 0. The maximum atomic E-state index is 13.5. The van der Waals surface area contributed by atoms with Crippen LogP contribution in [0.4, 0.5) is 20.2 Å². The molecular formula is C15H15F2NO2S. The van der Waals surface area contributed by atoms with Gasteiger partial charge in [-0.05, 0) is 29.8 Å². The van der Waals surface area contributed by atoms with E-state index < -0.39 is 21.5 Å². The van der Waals surface area contributed by atoms with E-state index in [4.69, 9.17) is 0 Å². The normalized spacial score (nSPS) is 11.4. The first-order valence-corrected chi connectivity index (χ1v) is 8.23. The minimum atomic E-state index is -3.08. The van der Waals surface area contributed by atoms with Gasteiger partial charge >= 0.3 is 0 Å². The Morgan fingerprint density at radius 1 is 1.05 bits per heavy atom. The molecule has 0 unspecified atom stereocenters. The minimum Gasteiger partial charge on any atom is -0.353 e. The molecule has 0 heterocycles. The highest BCUT2D eigenvalue weighted by molar-refractivity contribution is 7.90. The van der Waals surface area contributed by atoms with Gasteiger partial charge in [-0.15, -0.1) is 0 Å². The number of rotatable bonds is 5. The number of hydrogen-bond donors (Lipinski definition) is 1. The second kappa shape index (κ2) is 6.22. The van der Waals surface area contributed by atoms with Crippen LogP contribution in [0.5, 0.6) is 0 Å². The number of anilines is 2. The van der Waals surface area contributed by atoms with Crippen molar-refractivity contribution in [2.24, 2.45) is 0 Å². The molecule has 0 spiro atoms. The van der Waals surface area contributed by atoms with Crippen molar-refractivity contribution >= 4 is 21.2 Å². The van der Waals surface area contributed by atoms with Crippen LogP contribution in [0.15, 0.2) is 42.5 Å². The number of sulfone groups is 1. The summed E-state index contributed by atoms with van der Waals surface area (Å²) in [5.74, 6) is -1.26. The van der Waals surface area contributed by atoms with Crippen LogP contribution in [0.25, 0.3) is 0 Å². The predicted octanol–water partition coefficient (Wildman–Crippen LogP) is 3.64. The standard InChI is InChI=1S/C15H15F2NO2S/c1-2-21(19,20)10-11-3-6-13(7-4-11)18-15-8-5-12(16)9-14(15)17/h3-9,18H,2,10H2,1H3. The number of benzene rings is 2. The monoisotopic (exact) mass is 311 g/mol. The summed E-state index contributed by atoms with van der Waals surface area (Å²) in [4.78, 5) is 0. The van der Waals surface area contributed by atoms with Gasteiger partial charge in [0.1, 0.15) is 11.6 Å². The van der Waals surface area contributed by atoms with Crippen molar-refractivity contribution in [3.63, 3.8) is 0 Å². The maximum absolute atomic E-state index is 13.5. The lowest BCUT2D eigenvalue weighted by Gasteiger charge is -2.08. The van der Waals surface area contributed by atoms with Crippen LogP contribution in [0.3, 0.4) is 0 Å². The molecule has 2 aromatic carbocycles. The van der Waals surface area contributed by atoms with Crippen LogP contribution < -0.4 is 5.32 Å². The second-order valence-corrected chi connectivity index (χ2v) is 6.98. The minimum absolute atomic E-state index is 0.0192. The summed E-state index contributed by atoms with van der Waals surface area (Å²) in [6.45, 7) is 1.60. The van der Waals surface area contributed by atoms with Gasteiger partial charge in [0.25, 0.3) is 0 Å². The van der Waals surface area contributed by atoms with E-state index in [2.05, 4.69) is 5.32 Å².